The second kappa shape index (κ2) is 7.09. The molecular weight excluding hydrogens is 372 g/mol. The number of carbonyl (C=O) groups is 2. The third-order valence-electron chi connectivity index (χ3n) is 4.50. The van der Waals surface area contributed by atoms with Gasteiger partial charge in [-0.05, 0) is 19.2 Å². The average Bonchev–Trinajstić information content (AvgIpc) is 2.98. The lowest BCUT2D eigenvalue weighted by Crippen LogP contribution is -2.48. The molecular formula is C17H17ClN6O3. The maximum Gasteiger partial charge on any atom is 0.412 e. The van der Waals surface area contributed by atoms with E-state index in [1.807, 2.05) is 7.05 Å². The van der Waals surface area contributed by atoms with Crippen LogP contribution in [0, 0.1) is 0 Å². The van der Waals surface area contributed by atoms with E-state index >= 15 is 0 Å². The minimum absolute atomic E-state index is 0.125. The summed E-state index contributed by atoms with van der Waals surface area (Å²) in [6, 6.07) is 3.37. The molecule has 0 saturated carbocycles. The van der Waals surface area contributed by atoms with Gasteiger partial charge in [0.15, 0.2) is 5.69 Å². The van der Waals surface area contributed by atoms with E-state index < -0.39 is 18.2 Å². The number of aromatic nitrogens is 3. The quantitative estimate of drug-likeness (QED) is 0.827. The van der Waals surface area contributed by atoms with E-state index in [1.54, 1.807) is 17.0 Å². The molecule has 1 atom stereocenters. The number of ether oxygens (including phenoxy) is 1. The van der Waals surface area contributed by atoms with Gasteiger partial charge in [0.25, 0.3) is 5.91 Å². The van der Waals surface area contributed by atoms with Crippen LogP contribution >= 0.6 is 11.6 Å². The molecule has 4 heterocycles. The SMILES string of the molecule is CN1CCN(C(=O)OC2NC(=O)c3nc(-c4ccc(Cl)cn4)cnc32)CC1. The van der Waals surface area contributed by atoms with Gasteiger partial charge in [0.2, 0.25) is 6.23 Å². The summed E-state index contributed by atoms with van der Waals surface area (Å²) < 4.78 is 5.45. The van der Waals surface area contributed by atoms with Crippen molar-refractivity contribution in [1.29, 1.82) is 0 Å². The van der Waals surface area contributed by atoms with E-state index in [9.17, 15) is 9.59 Å². The molecule has 1 N–H and O–H groups in total. The Morgan fingerprint density at radius 1 is 1.19 bits per heavy atom. The Hall–Kier alpha value is -2.78. The van der Waals surface area contributed by atoms with Crippen molar-refractivity contribution in [3.63, 3.8) is 0 Å². The van der Waals surface area contributed by atoms with Crippen molar-refractivity contribution in [2.75, 3.05) is 33.2 Å². The molecule has 2 aliphatic heterocycles. The van der Waals surface area contributed by atoms with Crippen molar-refractivity contribution in [2.24, 2.45) is 0 Å². The van der Waals surface area contributed by atoms with E-state index in [1.165, 1.54) is 12.4 Å². The number of piperazine rings is 1. The third kappa shape index (κ3) is 3.56. The van der Waals surface area contributed by atoms with E-state index in [0.717, 1.165) is 13.1 Å². The Labute approximate surface area is 160 Å². The number of hydrogen-bond donors (Lipinski definition) is 1. The van der Waals surface area contributed by atoms with Gasteiger partial charge in [-0.2, -0.15) is 0 Å². The molecule has 0 aromatic carbocycles. The predicted molar refractivity (Wildman–Crippen MR) is 96.0 cm³/mol. The molecule has 27 heavy (non-hydrogen) atoms. The smallest absolute Gasteiger partial charge is 0.412 e. The Morgan fingerprint density at radius 2 is 1.96 bits per heavy atom. The molecule has 2 aromatic heterocycles. The van der Waals surface area contributed by atoms with Gasteiger partial charge in [-0.3, -0.25) is 14.8 Å². The van der Waals surface area contributed by atoms with Crippen LogP contribution in [0.3, 0.4) is 0 Å². The minimum atomic E-state index is -0.945. The summed E-state index contributed by atoms with van der Waals surface area (Å²) in [5, 5.41) is 3.10. The van der Waals surface area contributed by atoms with Crippen LogP contribution in [-0.2, 0) is 4.74 Å². The molecule has 10 heteroatoms. The number of halogens is 1. The van der Waals surface area contributed by atoms with Crippen molar-refractivity contribution >= 4 is 23.6 Å². The molecule has 2 amide bonds. The van der Waals surface area contributed by atoms with Crippen LogP contribution < -0.4 is 5.32 Å². The molecule has 4 rings (SSSR count). The first kappa shape index (κ1) is 17.6. The highest BCUT2D eigenvalue weighted by atomic mass is 35.5. The van der Waals surface area contributed by atoms with Crippen LogP contribution in [0.2, 0.25) is 5.02 Å². The highest BCUT2D eigenvalue weighted by molar-refractivity contribution is 6.30. The summed E-state index contributed by atoms with van der Waals surface area (Å²) >= 11 is 5.84. The Bertz CT molecular complexity index is 883. The number of pyridine rings is 1. The normalized spacial score (nSPS) is 19.6. The van der Waals surface area contributed by atoms with Gasteiger partial charge in [-0.25, -0.2) is 9.78 Å². The Balaban J connectivity index is 1.51. The average molecular weight is 389 g/mol. The van der Waals surface area contributed by atoms with Crippen LogP contribution in [0.5, 0.6) is 0 Å². The molecule has 2 aromatic rings. The van der Waals surface area contributed by atoms with Crippen molar-refractivity contribution in [3.8, 4) is 11.4 Å². The first-order chi connectivity index (χ1) is 13.0. The zero-order valence-corrected chi connectivity index (χ0v) is 15.3. The lowest BCUT2D eigenvalue weighted by Gasteiger charge is -2.32. The van der Waals surface area contributed by atoms with Crippen LogP contribution in [0.1, 0.15) is 22.4 Å². The molecule has 0 spiro atoms. The molecule has 1 saturated heterocycles. The Morgan fingerprint density at radius 3 is 2.67 bits per heavy atom. The first-order valence-corrected chi connectivity index (χ1v) is 8.83. The zero-order chi connectivity index (χ0) is 19.0. The van der Waals surface area contributed by atoms with Gasteiger partial charge >= 0.3 is 6.09 Å². The number of amides is 2. The number of nitrogens with one attached hydrogen (secondary N) is 1. The summed E-state index contributed by atoms with van der Waals surface area (Å²) in [6.45, 7) is 2.71. The fraction of sp³-hybridized carbons (Fsp3) is 0.353. The fourth-order valence-corrected chi connectivity index (χ4v) is 3.03. The van der Waals surface area contributed by atoms with Crippen molar-refractivity contribution in [2.45, 2.75) is 6.23 Å². The molecule has 0 aliphatic carbocycles. The molecule has 140 valence electrons. The fourth-order valence-electron chi connectivity index (χ4n) is 2.91. The molecule has 1 fully saturated rings. The van der Waals surface area contributed by atoms with Crippen LogP contribution in [0.4, 0.5) is 4.79 Å². The highest BCUT2D eigenvalue weighted by Gasteiger charge is 2.36. The standard InChI is InChI=1S/C17H17ClN6O3/c1-23-4-6-24(7-5-23)17(26)27-16-14-13(15(25)22-16)21-12(9-20-14)11-3-2-10(18)8-19-11/h2-3,8-9,16H,4-7H2,1H3,(H,22,25). The molecule has 0 bridgehead atoms. The van der Waals surface area contributed by atoms with Crippen LogP contribution in [0.15, 0.2) is 24.5 Å². The second-order valence-electron chi connectivity index (χ2n) is 6.38. The number of hydrogen-bond acceptors (Lipinski definition) is 7. The molecule has 0 radical (unpaired) electrons. The second-order valence-corrected chi connectivity index (χ2v) is 6.81. The molecule has 9 nitrogen and oxygen atoms in total. The monoisotopic (exact) mass is 388 g/mol. The first-order valence-electron chi connectivity index (χ1n) is 8.45. The van der Waals surface area contributed by atoms with Gasteiger partial charge in [0.05, 0.1) is 16.9 Å². The van der Waals surface area contributed by atoms with Crippen LogP contribution in [-0.4, -0.2) is 70.0 Å². The summed E-state index contributed by atoms with van der Waals surface area (Å²) in [6.07, 6.45) is 1.56. The van der Waals surface area contributed by atoms with E-state index in [-0.39, 0.29) is 5.69 Å². The number of nitrogens with zero attached hydrogens (tertiary/aromatic N) is 5. The lowest BCUT2D eigenvalue weighted by atomic mass is 10.2. The molecule has 1 unspecified atom stereocenters. The number of fused-ring (bicyclic) bond motifs is 1. The van der Waals surface area contributed by atoms with E-state index in [2.05, 4.69) is 25.2 Å². The van der Waals surface area contributed by atoms with Crippen molar-refractivity contribution in [1.82, 2.24) is 30.1 Å². The number of carbonyl (C=O) groups excluding carboxylic acids is 2. The summed E-state index contributed by atoms with van der Waals surface area (Å²) in [5.41, 5.74) is 1.40. The van der Waals surface area contributed by atoms with Gasteiger partial charge in [-0.15, -0.1) is 0 Å². The van der Waals surface area contributed by atoms with Gasteiger partial charge in [0, 0.05) is 32.4 Å². The largest absolute Gasteiger partial charge is 0.419 e. The van der Waals surface area contributed by atoms with Crippen molar-refractivity contribution in [3.05, 3.63) is 40.9 Å². The maximum absolute atomic E-state index is 12.4. The number of likely N-dealkylation sites (N-methyl/N-ethyl adjacent to an activating group) is 1. The van der Waals surface area contributed by atoms with Gasteiger partial charge in [-0.1, -0.05) is 11.6 Å². The maximum atomic E-state index is 12.4. The third-order valence-corrected chi connectivity index (χ3v) is 4.72. The lowest BCUT2D eigenvalue weighted by molar-refractivity contribution is 0.0375. The topological polar surface area (TPSA) is 101 Å². The summed E-state index contributed by atoms with van der Waals surface area (Å²) in [5.74, 6) is -0.440. The predicted octanol–water partition coefficient (Wildman–Crippen LogP) is 1.32. The highest BCUT2D eigenvalue weighted by Crippen LogP contribution is 2.26. The zero-order valence-electron chi connectivity index (χ0n) is 14.6. The van der Waals surface area contributed by atoms with Gasteiger partial charge in [0.1, 0.15) is 11.4 Å². The van der Waals surface area contributed by atoms with E-state index in [4.69, 9.17) is 16.3 Å². The molecule has 2 aliphatic rings. The summed E-state index contributed by atoms with van der Waals surface area (Å²) in [7, 11) is 2.00. The minimum Gasteiger partial charge on any atom is -0.419 e. The summed E-state index contributed by atoms with van der Waals surface area (Å²) in [4.78, 5) is 41.1. The van der Waals surface area contributed by atoms with Crippen molar-refractivity contribution < 1.29 is 14.3 Å². The van der Waals surface area contributed by atoms with Gasteiger partial charge < -0.3 is 19.9 Å². The van der Waals surface area contributed by atoms with E-state index in [0.29, 0.717) is 35.2 Å². The van der Waals surface area contributed by atoms with Crippen LogP contribution in [0.25, 0.3) is 11.4 Å². The number of rotatable bonds is 2. The Kier molecular flexibility index (Phi) is 4.63.